The zero-order valence-corrected chi connectivity index (χ0v) is 17.6. The minimum atomic E-state index is -2.93. The molecule has 0 saturated heterocycles. The number of carbonyl (C=O) groups is 2. The normalized spacial score (nSPS) is 12.9. The van der Waals surface area contributed by atoms with Crippen LogP contribution in [0.2, 0.25) is 0 Å². The molecule has 6 nitrogen and oxygen atoms in total. The first-order chi connectivity index (χ1) is 14.4. The van der Waals surface area contributed by atoms with Gasteiger partial charge >= 0.3 is 6.61 Å². The number of rotatable bonds is 9. The van der Waals surface area contributed by atoms with Gasteiger partial charge < -0.3 is 20.1 Å². The van der Waals surface area contributed by atoms with Crippen molar-refractivity contribution >= 4 is 33.4 Å². The molecule has 160 valence electrons. The van der Waals surface area contributed by atoms with Crippen molar-refractivity contribution < 1.29 is 27.8 Å². The topological polar surface area (TPSA) is 76.7 Å². The number of hydrogen-bond acceptors (Lipinski definition) is 4. The van der Waals surface area contributed by atoms with Crippen LogP contribution in [-0.2, 0) is 22.6 Å². The number of fused-ring (bicyclic) bond motifs is 1. The van der Waals surface area contributed by atoms with Crippen LogP contribution in [0.15, 0.2) is 40.9 Å². The molecule has 0 unspecified atom stereocenters. The lowest BCUT2D eigenvalue weighted by Crippen LogP contribution is -2.23. The van der Waals surface area contributed by atoms with E-state index >= 15 is 0 Å². The first-order valence-electron chi connectivity index (χ1n) is 9.46. The summed E-state index contributed by atoms with van der Waals surface area (Å²) in [6.07, 6.45) is 1.87. The minimum absolute atomic E-state index is 0.0120. The van der Waals surface area contributed by atoms with Crippen LogP contribution in [0.3, 0.4) is 0 Å². The van der Waals surface area contributed by atoms with Gasteiger partial charge in [-0.15, -0.1) is 0 Å². The van der Waals surface area contributed by atoms with E-state index in [2.05, 4.69) is 31.3 Å². The SMILES string of the molecule is O=C(CCCOc1ccc2c(c1)CCC(=O)N2)NCc1cc(Br)ccc1OC(F)F. The van der Waals surface area contributed by atoms with E-state index in [1.54, 1.807) is 18.2 Å². The molecule has 0 radical (unpaired) electrons. The first-order valence-corrected chi connectivity index (χ1v) is 10.3. The fourth-order valence-electron chi connectivity index (χ4n) is 3.05. The number of anilines is 1. The standard InChI is InChI=1S/C21H21BrF2N2O4/c22-15-4-7-18(30-21(23)24)14(10-15)12-25-19(27)2-1-9-29-16-5-6-17-13(11-16)3-8-20(28)26-17/h4-7,10-11,21H,1-3,8-9,12H2,(H,25,27)(H,26,28). The molecule has 0 bridgehead atoms. The summed E-state index contributed by atoms with van der Waals surface area (Å²) < 4.78 is 35.9. The zero-order valence-electron chi connectivity index (χ0n) is 16.1. The van der Waals surface area contributed by atoms with E-state index in [9.17, 15) is 18.4 Å². The molecule has 1 aliphatic heterocycles. The molecule has 1 heterocycles. The number of nitrogens with one attached hydrogen (secondary N) is 2. The van der Waals surface area contributed by atoms with Crippen molar-refractivity contribution in [3.05, 3.63) is 52.0 Å². The lowest BCUT2D eigenvalue weighted by atomic mass is 10.0. The molecule has 9 heteroatoms. The predicted octanol–water partition coefficient (Wildman–Crippen LogP) is 4.41. The third-order valence-corrected chi connectivity index (χ3v) is 5.00. The molecule has 1 aliphatic rings. The lowest BCUT2D eigenvalue weighted by molar-refractivity contribution is -0.121. The molecule has 0 aromatic heterocycles. The Hall–Kier alpha value is -2.68. The Morgan fingerprint density at radius 3 is 2.83 bits per heavy atom. The molecule has 0 atom stereocenters. The lowest BCUT2D eigenvalue weighted by Gasteiger charge is -2.17. The third kappa shape index (κ3) is 6.41. The highest BCUT2D eigenvalue weighted by molar-refractivity contribution is 9.10. The molecule has 0 fully saturated rings. The Balaban J connectivity index is 1.42. The summed E-state index contributed by atoms with van der Waals surface area (Å²) in [6.45, 7) is -2.50. The van der Waals surface area contributed by atoms with Crippen molar-refractivity contribution in [1.82, 2.24) is 5.32 Å². The minimum Gasteiger partial charge on any atom is -0.494 e. The summed E-state index contributed by atoms with van der Waals surface area (Å²) in [4.78, 5) is 23.4. The second-order valence-corrected chi connectivity index (χ2v) is 7.64. The summed E-state index contributed by atoms with van der Waals surface area (Å²) in [5, 5.41) is 5.52. The Kier molecular flexibility index (Phi) is 7.62. The van der Waals surface area contributed by atoms with Crippen molar-refractivity contribution in [2.75, 3.05) is 11.9 Å². The highest BCUT2D eigenvalue weighted by Gasteiger charge is 2.15. The van der Waals surface area contributed by atoms with E-state index in [4.69, 9.17) is 4.74 Å². The van der Waals surface area contributed by atoms with Crippen molar-refractivity contribution in [3.8, 4) is 11.5 Å². The highest BCUT2D eigenvalue weighted by Crippen LogP contribution is 2.27. The maximum absolute atomic E-state index is 12.5. The maximum Gasteiger partial charge on any atom is 0.387 e. The van der Waals surface area contributed by atoms with Crippen LogP contribution in [0.25, 0.3) is 0 Å². The van der Waals surface area contributed by atoms with Crippen LogP contribution in [0.4, 0.5) is 14.5 Å². The van der Waals surface area contributed by atoms with Gasteiger partial charge in [0.2, 0.25) is 11.8 Å². The van der Waals surface area contributed by atoms with Gasteiger partial charge in [0.15, 0.2) is 0 Å². The average molecular weight is 483 g/mol. The smallest absolute Gasteiger partial charge is 0.387 e. The van der Waals surface area contributed by atoms with Crippen molar-refractivity contribution in [3.63, 3.8) is 0 Å². The number of carbonyl (C=O) groups excluding carboxylic acids is 2. The first kappa shape index (κ1) is 22.0. The number of amides is 2. The molecule has 2 aromatic carbocycles. The monoisotopic (exact) mass is 482 g/mol. The van der Waals surface area contributed by atoms with Crippen LogP contribution in [0.1, 0.15) is 30.4 Å². The second-order valence-electron chi connectivity index (χ2n) is 6.73. The van der Waals surface area contributed by atoms with Crippen LogP contribution in [0, 0.1) is 0 Å². The number of benzene rings is 2. The van der Waals surface area contributed by atoms with Gasteiger partial charge in [0, 0.05) is 35.1 Å². The summed E-state index contributed by atoms with van der Waals surface area (Å²) in [6, 6.07) is 10.1. The number of hydrogen-bond donors (Lipinski definition) is 2. The van der Waals surface area contributed by atoms with Crippen LogP contribution >= 0.6 is 15.9 Å². The molecule has 2 N–H and O–H groups in total. The summed E-state index contributed by atoms with van der Waals surface area (Å²) in [5.41, 5.74) is 2.29. The summed E-state index contributed by atoms with van der Waals surface area (Å²) >= 11 is 3.28. The fourth-order valence-corrected chi connectivity index (χ4v) is 3.46. The van der Waals surface area contributed by atoms with Gasteiger partial charge in [0.1, 0.15) is 11.5 Å². The van der Waals surface area contributed by atoms with E-state index in [1.807, 2.05) is 12.1 Å². The van der Waals surface area contributed by atoms with Crippen LogP contribution in [0.5, 0.6) is 11.5 Å². The van der Waals surface area contributed by atoms with E-state index in [0.29, 0.717) is 41.7 Å². The third-order valence-electron chi connectivity index (χ3n) is 4.50. The van der Waals surface area contributed by atoms with Gasteiger partial charge in [-0.3, -0.25) is 9.59 Å². The molecule has 0 saturated carbocycles. The van der Waals surface area contributed by atoms with Gasteiger partial charge in [-0.05, 0) is 54.8 Å². The van der Waals surface area contributed by atoms with E-state index in [1.165, 1.54) is 6.07 Å². The number of ether oxygens (including phenoxy) is 2. The average Bonchev–Trinajstić information content (AvgIpc) is 2.71. The Morgan fingerprint density at radius 1 is 1.20 bits per heavy atom. The summed E-state index contributed by atoms with van der Waals surface area (Å²) in [5.74, 6) is 0.515. The van der Waals surface area contributed by atoms with E-state index < -0.39 is 6.61 Å². The molecular formula is C21H21BrF2N2O4. The van der Waals surface area contributed by atoms with Gasteiger partial charge in [-0.1, -0.05) is 15.9 Å². The number of halogens is 3. The van der Waals surface area contributed by atoms with Gasteiger partial charge in [0.05, 0.1) is 6.61 Å². The molecule has 2 aromatic rings. The predicted molar refractivity (Wildman–Crippen MR) is 111 cm³/mol. The van der Waals surface area contributed by atoms with Crippen molar-refractivity contribution in [2.24, 2.45) is 0 Å². The molecule has 0 spiro atoms. The molecule has 30 heavy (non-hydrogen) atoms. The van der Waals surface area contributed by atoms with E-state index in [0.717, 1.165) is 11.3 Å². The van der Waals surface area contributed by atoms with Crippen LogP contribution < -0.4 is 20.1 Å². The van der Waals surface area contributed by atoms with Gasteiger partial charge in [-0.25, -0.2) is 0 Å². The Morgan fingerprint density at radius 2 is 2.03 bits per heavy atom. The van der Waals surface area contributed by atoms with E-state index in [-0.39, 0.29) is 30.5 Å². The zero-order chi connectivity index (χ0) is 21.5. The molecule has 2 amide bonds. The Labute approximate surface area is 181 Å². The fraction of sp³-hybridized carbons (Fsp3) is 0.333. The number of aryl methyl sites for hydroxylation is 1. The van der Waals surface area contributed by atoms with Crippen molar-refractivity contribution in [1.29, 1.82) is 0 Å². The molecule has 3 rings (SSSR count). The molecular weight excluding hydrogens is 462 g/mol. The van der Waals surface area contributed by atoms with Gasteiger partial charge in [-0.2, -0.15) is 8.78 Å². The maximum atomic E-state index is 12.5. The largest absolute Gasteiger partial charge is 0.494 e. The van der Waals surface area contributed by atoms with Crippen LogP contribution in [-0.4, -0.2) is 25.0 Å². The van der Waals surface area contributed by atoms with Gasteiger partial charge in [0.25, 0.3) is 0 Å². The number of alkyl halides is 2. The molecule has 0 aliphatic carbocycles. The highest BCUT2D eigenvalue weighted by atomic mass is 79.9. The quantitative estimate of drug-likeness (QED) is 0.519. The second kappa shape index (κ2) is 10.4. The summed E-state index contributed by atoms with van der Waals surface area (Å²) in [7, 11) is 0. The van der Waals surface area contributed by atoms with Crippen molar-refractivity contribution in [2.45, 2.75) is 38.8 Å². The Bertz CT molecular complexity index is 924.